The van der Waals surface area contributed by atoms with Gasteiger partial charge in [0.15, 0.2) is 0 Å². The zero-order chi connectivity index (χ0) is 24.5. The number of nitrogens with one attached hydrogen (secondary N) is 1. The molecule has 3 rings (SSSR count). The van der Waals surface area contributed by atoms with E-state index in [-0.39, 0.29) is 30.8 Å². The molecule has 0 spiro atoms. The normalized spacial score (nSPS) is 12.6. The summed E-state index contributed by atoms with van der Waals surface area (Å²) in [6.45, 7) is 4.23. The molecule has 0 saturated heterocycles. The Balaban J connectivity index is 1.98. The molecule has 2 atom stereocenters. The van der Waals surface area contributed by atoms with E-state index in [4.69, 9.17) is 23.2 Å². The fourth-order valence-corrected chi connectivity index (χ4v) is 4.02. The topological polar surface area (TPSA) is 49.4 Å². The molecule has 3 aromatic rings. The number of carbonyl (C=O) groups excluding carboxylic acids is 2. The fraction of sp³-hybridized carbons (Fsp3) is 0.286. The van der Waals surface area contributed by atoms with Gasteiger partial charge in [-0.2, -0.15) is 0 Å². The first kappa shape index (κ1) is 25.8. The van der Waals surface area contributed by atoms with Crippen LogP contribution in [0.4, 0.5) is 0 Å². The molecule has 0 fully saturated rings. The van der Waals surface area contributed by atoms with Gasteiger partial charge in [-0.3, -0.25) is 9.59 Å². The number of rotatable bonds is 10. The van der Waals surface area contributed by atoms with Gasteiger partial charge in [0, 0.05) is 19.0 Å². The van der Waals surface area contributed by atoms with E-state index >= 15 is 0 Å². The second-order valence-corrected chi connectivity index (χ2v) is 9.27. The minimum Gasteiger partial charge on any atom is -0.352 e. The van der Waals surface area contributed by atoms with E-state index in [0.29, 0.717) is 16.5 Å². The molecule has 0 unspecified atom stereocenters. The van der Waals surface area contributed by atoms with Crippen LogP contribution in [0.3, 0.4) is 0 Å². The van der Waals surface area contributed by atoms with Crippen LogP contribution in [0.1, 0.15) is 37.0 Å². The number of benzene rings is 3. The minimum absolute atomic E-state index is 0.00169. The van der Waals surface area contributed by atoms with E-state index < -0.39 is 6.04 Å². The van der Waals surface area contributed by atoms with Gasteiger partial charge in [0.1, 0.15) is 6.04 Å². The predicted octanol–water partition coefficient (Wildman–Crippen LogP) is 6.09. The van der Waals surface area contributed by atoms with Crippen molar-refractivity contribution in [2.75, 3.05) is 0 Å². The number of hydrogen-bond acceptors (Lipinski definition) is 2. The zero-order valence-corrected chi connectivity index (χ0v) is 21.0. The number of amides is 2. The summed E-state index contributed by atoms with van der Waals surface area (Å²) in [7, 11) is 0. The Hall–Kier alpha value is -2.82. The van der Waals surface area contributed by atoms with Crippen molar-refractivity contribution >= 4 is 35.0 Å². The summed E-state index contributed by atoms with van der Waals surface area (Å²) in [5.41, 5.74) is 2.69. The Morgan fingerprint density at radius 1 is 0.853 bits per heavy atom. The lowest BCUT2D eigenvalue weighted by Crippen LogP contribution is -2.52. The first-order chi connectivity index (χ1) is 16.4. The molecule has 178 valence electrons. The smallest absolute Gasteiger partial charge is 0.243 e. The minimum atomic E-state index is -0.679. The monoisotopic (exact) mass is 496 g/mol. The molecular weight excluding hydrogens is 467 g/mol. The highest BCUT2D eigenvalue weighted by molar-refractivity contribution is 6.42. The molecule has 0 radical (unpaired) electrons. The van der Waals surface area contributed by atoms with Crippen molar-refractivity contribution in [1.82, 2.24) is 10.2 Å². The lowest BCUT2D eigenvalue weighted by atomic mass is 10.0. The molecule has 4 nitrogen and oxygen atoms in total. The Labute approximate surface area is 211 Å². The largest absolute Gasteiger partial charge is 0.352 e. The summed E-state index contributed by atoms with van der Waals surface area (Å²) in [5, 5.41) is 3.94. The first-order valence-corrected chi connectivity index (χ1v) is 12.2. The van der Waals surface area contributed by atoms with Gasteiger partial charge in [0.25, 0.3) is 0 Å². The molecule has 0 aromatic heterocycles. The van der Waals surface area contributed by atoms with Gasteiger partial charge >= 0.3 is 0 Å². The number of hydrogen-bond donors (Lipinski definition) is 1. The maximum atomic E-state index is 13.6. The van der Waals surface area contributed by atoms with Crippen molar-refractivity contribution in [3.8, 4) is 0 Å². The van der Waals surface area contributed by atoms with Crippen LogP contribution in [0.25, 0.3) is 0 Å². The van der Waals surface area contributed by atoms with Crippen LogP contribution in [0.2, 0.25) is 10.0 Å². The molecule has 3 aromatic carbocycles. The van der Waals surface area contributed by atoms with Crippen LogP contribution in [-0.2, 0) is 29.0 Å². The Kier molecular flexibility index (Phi) is 9.55. The van der Waals surface area contributed by atoms with Gasteiger partial charge in [-0.15, -0.1) is 0 Å². The lowest BCUT2D eigenvalue weighted by Gasteiger charge is -2.32. The van der Waals surface area contributed by atoms with E-state index in [1.54, 1.807) is 17.0 Å². The third kappa shape index (κ3) is 7.34. The highest BCUT2D eigenvalue weighted by Crippen LogP contribution is 2.24. The predicted molar refractivity (Wildman–Crippen MR) is 139 cm³/mol. The van der Waals surface area contributed by atoms with Gasteiger partial charge in [0.05, 0.1) is 16.5 Å². The fourth-order valence-electron chi connectivity index (χ4n) is 3.70. The van der Waals surface area contributed by atoms with Gasteiger partial charge in [-0.05, 0) is 42.2 Å². The van der Waals surface area contributed by atoms with Crippen LogP contribution in [0.15, 0.2) is 78.9 Å². The van der Waals surface area contributed by atoms with Gasteiger partial charge in [-0.1, -0.05) is 96.9 Å². The second-order valence-electron chi connectivity index (χ2n) is 8.46. The summed E-state index contributed by atoms with van der Waals surface area (Å²) >= 11 is 12.4. The van der Waals surface area contributed by atoms with Crippen LogP contribution in [-0.4, -0.2) is 28.8 Å². The van der Waals surface area contributed by atoms with Crippen molar-refractivity contribution in [1.29, 1.82) is 0 Å². The summed E-state index contributed by atoms with van der Waals surface area (Å²) in [6, 6.07) is 23.9. The van der Waals surface area contributed by atoms with Gasteiger partial charge in [-0.25, -0.2) is 0 Å². The number of halogens is 2. The summed E-state index contributed by atoms with van der Waals surface area (Å²) in [4.78, 5) is 28.8. The quantitative estimate of drug-likeness (QED) is 0.369. The average Bonchev–Trinajstić information content (AvgIpc) is 2.84. The Bertz CT molecular complexity index is 1090. The van der Waals surface area contributed by atoms with E-state index in [0.717, 1.165) is 23.1 Å². The van der Waals surface area contributed by atoms with Crippen molar-refractivity contribution < 1.29 is 9.59 Å². The molecule has 1 N–H and O–H groups in total. The number of nitrogens with zero attached hydrogens (tertiary/aromatic N) is 1. The zero-order valence-electron chi connectivity index (χ0n) is 19.5. The van der Waals surface area contributed by atoms with E-state index in [9.17, 15) is 9.59 Å². The molecule has 0 aliphatic heterocycles. The lowest BCUT2D eigenvalue weighted by molar-refractivity contribution is -0.141. The molecule has 6 heteroatoms. The molecular formula is C28H30Cl2N2O2. The van der Waals surface area contributed by atoms with Crippen LogP contribution in [0.5, 0.6) is 0 Å². The first-order valence-electron chi connectivity index (χ1n) is 11.5. The van der Waals surface area contributed by atoms with E-state index in [2.05, 4.69) is 5.32 Å². The molecule has 0 aliphatic carbocycles. The molecule has 34 heavy (non-hydrogen) atoms. The maximum absolute atomic E-state index is 13.6. The van der Waals surface area contributed by atoms with Gasteiger partial charge < -0.3 is 10.2 Å². The summed E-state index contributed by atoms with van der Waals surface area (Å²) in [6.07, 6.45) is 1.41. The maximum Gasteiger partial charge on any atom is 0.243 e. The van der Waals surface area contributed by atoms with Gasteiger partial charge in [0.2, 0.25) is 11.8 Å². The SMILES string of the molecule is CC[C@H](C)NC(=O)[C@@H](Cc1ccccc1)N(Cc1ccc(Cl)c(Cl)c1)C(=O)Cc1ccccc1. The summed E-state index contributed by atoms with van der Waals surface area (Å²) < 4.78 is 0. The van der Waals surface area contributed by atoms with Crippen LogP contribution < -0.4 is 5.32 Å². The van der Waals surface area contributed by atoms with Crippen molar-refractivity contribution in [2.24, 2.45) is 0 Å². The van der Waals surface area contributed by atoms with E-state index in [1.807, 2.05) is 80.6 Å². The van der Waals surface area contributed by atoms with Crippen molar-refractivity contribution in [3.63, 3.8) is 0 Å². The molecule has 0 bridgehead atoms. The number of carbonyl (C=O) groups is 2. The summed E-state index contributed by atoms with van der Waals surface area (Å²) in [5.74, 6) is -0.294. The Morgan fingerprint density at radius 3 is 2.06 bits per heavy atom. The van der Waals surface area contributed by atoms with Crippen molar-refractivity contribution in [2.45, 2.75) is 51.7 Å². The molecule has 2 amide bonds. The highest BCUT2D eigenvalue weighted by Gasteiger charge is 2.31. The third-order valence-corrected chi connectivity index (χ3v) is 6.55. The Morgan fingerprint density at radius 2 is 1.47 bits per heavy atom. The standard InChI is InChI=1S/C28H30Cl2N2O2/c1-3-20(2)31-28(34)26(17-21-10-6-4-7-11-21)32(19-23-14-15-24(29)25(30)16-23)27(33)18-22-12-8-5-9-13-22/h4-16,20,26H,3,17-19H2,1-2H3,(H,31,34)/t20-,26+/m0/s1. The third-order valence-electron chi connectivity index (χ3n) is 5.81. The van der Waals surface area contributed by atoms with Crippen molar-refractivity contribution in [3.05, 3.63) is 106 Å². The van der Waals surface area contributed by atoms with Crippen LogP contribution >= 0.6 is 23.2 Å². The van der Waals surface area contributed by atoms with E-state index in [1.165, 1.54) is 0 Å². The molecule has 0 aliphatic rings. The second kappa shape index (κ2) is 12.6. The molecule has 0 heterocycles. The average molecular weight is 497 g/mol. The van der Waals surface area contributed by atoms with Crippen LogP contribution in [0, 0.1) is 0 Å². The molecule has 0 saturated carbocycles. The highest BCUT2D eigenvalue weighted by atomic mass is 35.5.